The third-order valence-electron chi connectivity index (χ3n) is 5.36. The quantitative estimate of drug-likeness (QED) is 0.473. The van der Waals surface area contributed by atoms with Crippen molar-refractivity contribution in [2.24, 2.45) is 7.05 Å². The van der Waals surface area contributed by atoms with Gasteiger partial charge in [0.05, 0.1) is 16.8 Å². The first-order valence-corrected chi connectivity index (χ1v) is 10.4. The number of pyridine rings is 1. The molecule has 4 rings (SSSR count). The zero-order valence-electron chi connectivity index (χ0n) is 18.6. The van der Waals surface area contributed by atoms with Crippen LogP contribution in [0.25, 0.3) is 22.2 Å². The number of aryl methyl sites for hydroxylation is 3. The number of hydrogen-bond donors (Lipinski definition) is 1. The van der Waals surface area contributed by atoms with Crippen molar-refractivity contribution < 1.29 is 19.1 Å². The number of amides is 2. The van der Waals surface area contributed by atoms with Gasteiger partial charge in [-0.1, -0.05) is 42.0 Å². The second-order valence-electron chi connectivity index (χ2n) is 7.85. The zero-order valence-corrected chi connectivity index (χ0v) is 18.6. The second kappa shape index (κ2) is 9.08. The predicted octanol–water partition coefficient (Wildman–Crippen LogP) is 3.97. The Morgan fingerprint density at radius 2 is 1.79 bits per heavy atom. The van der Waals surface area contributed by atoms with Crippen LogP contribution in [0.5, 0.6) is 0 Å². The van der Waals surface area contributed by atoms with Crippen LogP contribution < -0.4 is 5.32 Å². The van der Waals surface area contributed by atoms with Crippen LogP contribution in [0.2, 0.25) is 0 Å². The Morgan fingerprint density at radius 1 is 1.00 bits per heavy atom. The normalized spacial score (nSPS) is 10.8. The number of ether oxygens (including phenoxy) is 1. The summed E-state index contributed by atoms with van der Waals surface area (Å²) in [5, 5.41) is 2.85. The minimum atomic E-state index is -0.706. The SMILES string of the molecule is Cc1ccc(-c2cc(C(=O)OCC(=O)NC(=O)c3cccn3C)c3ccccc3n2)c(C)c1. The lowest BCUT2D eigenvalue weighted by Crippen LogP contribution is -2.35. The number of carbonyl (C=O) groups is 3. The highest BCUT2D eigenvalue weighted by atomic mass is 16.5. The highest BCUT2D eigenvalue weighted by Crippen LogP contribution is 2.28. The Labute approximate surface area is 191 Å². The summed E-state index contributed by atoms with van der Waals surface area (Å²) in [5.41, 5.74) is 4.99. The molecule has 2 heterocycles. The fourth-order valence-electron chi connectivity index (χ4n) is 3.72. The minimum absolute atomic E-state index is 0.303. The van der Waals surface area contributed by atoms with Crippen molar-refractivity contribution >= 4 is 28.7 Å². The summed E-state index contributed by atoms with van der Waals surface area (Å²) in [6.07, 6.45) is 1.70. The van der Waals surface area contributed by atoms with Crippen molar-refractivity contribution in [2.45, 2.75) is 13.8 Å². The van der Waals surface area contributed by atoms with E-state index >= 15 is 0 Å². The summed E-state index contributed by atoms with van der Waals surface area (Å²) < 4.78 is 6.84. The molecule has 0 aliphatic carbocycles. The largest absolute Gasteiger partial charge is 0.452 e. The standard InChI is InChI=1S/C26H23N3O4/c1-16-10-11-18(17(2)13-16)22-14-20(19-7-4-5-8-21(19)27-22)26(32)33-15-24(30)28-25(31)23-9-6-12-29(23)3/h4-14H,15H2,1-3H3,(H,28,30,31). The van der Waals surface area contributed by atoms with Gasteiger partial charge in [-0.15, -0.1) is 0 Å². The van der Waals surface area contributed by atoms with E-state index in [2.05, 4.69) is 11.4 Å². The number of benzene rings is 2. The Balaban J connectivity index is 1.56. The van der Waals surface area contributed by atoms with Crippen molar-refractivity contribution in [3.05, 3.63) is 89.2 Å². The van der Waals surface area contributed by atoms with Crippen LogP contribution >= 0.6 is 0 Å². The molecule has 0 aliphatic rings. The predicted molar refractivity (Wildman–Crippen MR) is 125 cm³/mol. The molecule has 2 aromatic heterocycles. The van der Waals surface area contributed by atoms with Crippen molar-refractivity contribution in [1.82, 2.24) is 14.9 Å². The molecule has 0 atom stereocenters. The van der Waals surface area contributed by atoms with E-state index in [1.807, 2.05) is 44.2 Å². The number of rotatable bonds is 5. The number of nitrogens with zero attached hydrogens (tertiary/aromatic N) is 2. The van der Waals surface area contributed by atoms with Crippen molar-refractivity contribution in [3.8, 4) is 11.3 Å². The summed E-state index contributed by atoms with van der Waals surface area (Å²) in [6, 6.07) is 18.2. The van der Waals surface area contributed by atoms with Crippen molar-refractivity contribution in [1.29, 1.82) is 0 Å². The number of imide groups is 1. The monoisotopic (exact) mass is 441 g/mol. The summed E-state index contributed by atoms with van der Waals surface area (Å²) in [7, 11) is 1.70. The molecule has 4 aromatic rings. The summed E-state index contributed by atoms with van der Waals surface area (Å²) >= 11 is 0. The fraction of sp³-hybridized carbons (Fsp3) is 0.154. The number of carbonyl (C=O) groups excluding carboxylic acids is 3. The minimum Gasteiger partial charge on any atom is -0.452 e. The first kappa shape index (κ1) is 22.0. The topological polar surface area (TPSA) is 90.3 Å². The first-order chi connectivity index (χ1) is 15.8. The van der Waals surface area contributed by atoms with Crippen LogP contribution in [0.15, 0.2) is 66.9 Å². The maximum absolute atomic E-state index is 12.9. The summed E-state index contributed by atoms with van der Waals surface area (Å²) in [5.74, 6) is -1.93. The van der Waals surface area contributed by atoms with Crippen LogP contribution in [0.4, 0.5) is 0 Å². The van der Waals surface area contributed by atoms with Crippen molar-refractivity contribution in [3.63, 3.8) is 0 Å². The highest BCUT2D eigenvalue weighted by Gasteiger charge is 2.19. The number of esters is 1. The maximum Gasteiger partial charge on any atom is 0.339 e. The van der Waals surface area contributed by atoms with Crippen molar-refractivity contribution in [2.75, 3.05) is 6.61 Å². The van der Waals surface area contributed by atoms with E-state index in [9.17, 15) is 14.4 Å². The molecule has 0 fully saturated rings. The van der Waals surface area contributed by atoms with Gasteiger partial charge in [-0.3, -0.25) is 14.9 Å². The molecule has 0 aliphatic heterocycles. The molecule has 166 valence electrons. The van der Waals surface area contributed by atoms with E-state index in [1.165, 1.54) is 0 Å². The molecule has 0 saturated heterocycles. The molecule has 0 saturated carbocycles. The maximum atomic E-state index is 12.9. The Hall–Kier alpha value is -4.26. The average molecular weight is 441 g/mol. The van der Waals surface area contributed by atoms with Gasteiger partial charge in [-0.2, -0.15) is 0 Å². The third kappa shape index (κ3) is 4.67. The smallest absolute Gasteiger partial charge is 0.339 e. The highest BCUT2D eigenvalue weighted by molar-refractivity contribution is 6.07. The van der Waals surface area contributed by atoms with Gasteiger partial charge in [-0.05, 0) is 43.7 Å². The van der Waals surface area contributed by atoms with E-state index < -0.39 is 24.4 Å². The summed E-state index contributed by atoms with van der Waals surface area (Å²) in [4.78, 5) is 42.0. The molecule has 2 amide bonds. The van der Waals surface area contributed by atoms with Gasteiger partial charge in [0.15, 0.2) is 6.61 Å². The first-order valence-electron chi connectivity index (χ1n) is 10.4. The Kier molecular flexibility index (Phi) is 6.04. The Bertz CT molecular complexity index is 1390. The number of fused-ring (bicyclic) bond motifs is 1. The van der Waals surface area contributed by atoms with Gasteiger partial charge in [-0.25, -0.2) is 9.78 Å². The number of nitrogens with one attached hydrogen (secondary N) is 1. The molecule has 0 bridgehead atoms. The van der Waals surface area contributed by atoms with Gasteiger partial charge >= 0.3 is 5.97 Å². The molecule has 0 spiro atoms. The number of aromatic nitrogens is 2. The van der Waals surface area contributed by atoms with Crippen LogP contribution in [0, 0.1) is 13.8 Å². The summed E-state index contributed by atoms with van der Waals surface area (Å²) in [6.45, 7) is 3.43. The third-order valence-corrected chi connectivity index (χ3v) is 5.36. The number of para-hydroxylation sites is 1. The van der Waals surface area contributed by atoms with E-state index in [-0.39, 0.29) is 0 Å². The zero-order chi connectivity index (χ0) is 23.5. The van der Waals surface area contributed by atoms with Gasteiger partial charge in [0.25, 0.3) is 11.8 Å². The molecular formula is C26H23N3O4. The van der Waals surface area contributed by atoms with Gasteiger partial charge < -0.3 is 9.30 Å². The van der Waals surface area contributed by atoms with Crippen LogP contribution in [0.3, 0.4) is 0 Å². The fourth-order valence-corrected chi connectivity index (χ4v) is 3.72. The van der Waals surface area contributed by atoms with Crippen LogP contribution in [-0.4, -0.2) is 33.9 Å². The van der Waals surface area contributed by atoms with Gasteiger partial charge in [0.2, 0.25) is 0 Å². The van der Waals surface area contributed by atoms with Gasteiger partial charge in [0, 0.05) is 24.2 Å². The number of hydrogen-bond acceptors (Lipinski definition) is 5. The molecule has 0 unspecified atom stereocenters. The molecule has 0 radical (unpaired) electrons. The lowest BCUT2D eigenvalue weighted by Gasteiger charge is -2.12. The average Bonchev–Trinajstić information content (AvgIpc) is 3.22. The van der Waals surface area contributed by atoms with Crippen LogP contribution in [0.1, 0.15) is 32.0 Å². The lowest BCUT2D eigenvalue weighted by atomic mass is 9.99. The molecule has 33 heavy (non-hydrogen) atoms. The second-order valence-corrected chi connectivity index (χ2v) is 7.85. The van der Waals surface area contributed by atoms with E-state index in [1.54, 1.807) is 42.1 Å². The molecule has 7 nitrogen and oxygen atoms in total. The molecule has 2 aromatic carbocycles. The van der Waals surface area contributed by atoms with E-state index in [0.717, 1.165) is 16.7 Å². The van der Waals surface area contributed by atoms with E-state index in [0.29, 0.717) is 27.9 Å². The molecule has 7 heteroatoms. The van der Waals surface area contributed by atoms with E-state index in [4.69, 9.17) is 9.72 Å². The molecule has 1 N–H and O–H groups in total. The van der Waals surface area contributed by atoms with Crippen LogP contribution in [-0.2, 0) is 16.6 Å². The lowest BCUT2D eigenvalue weighted by molar-refractivity contribution is -0.123. The molecular weight excluding hydrogens is 418 g/mol. The van der Waals surface area contributed by atoms with Gasteiger partial charge in [0.1, 0.15) is 5.69 Å². The Morgan fingerprint density at radius 3 is 2.52 bits per heavy atom.